The SMILES string of the molecule is CC(C)Oc1cccc(C(=O)N[C@H](C(=O)O)[C@@H]2CCCOC2)n1. The van der Waals surface area contributed by atoms with Gasteiger partial charge in [-0.3, -0.25) is 4.79 Å². The molecule has 0 saturated carbocycles. The quantitative estimate of drug-likeness (QED) is 0.823. The van der Waals surface area contributed by atoms with Gasteiger partial charge in [0.05, 0.1) is 12.7 Å². The van der Waals surface area contributed by atoms with Crippen LogP contribution in [-0.2, 0) is 9.53 Å². The molecule has 0 bridgehead atoms. The second kappa shape index (κ2) is 7.92. The topological polar surface area (TPSA) is 97.8 Å². The Balaban J connectivity index is 2.07. The molecule has 1 aromatic heterocycles. The van der Waals surface area contributed by atoms with Gasteiger partial charge < -0.3 is 19.9 Å². The van der Waals surface area contributed by atoms with Crippen molar-refractivity contribution in [2.45, 2.75) is 38.8 Å². The van der Waals surface area contributed by atoms with Crippen molar-refractivity contribution in [2.24, 2.45) is 5.92 Å². The number of aromatic nitrogens is 1. The molecule has 0 aromatic carbocycles. The van der Waals surface area contributed by atoms with Gasteiger partial charge in [-0.2, -0.15) is 0 Å². The number of pyridine rings is 1. The molecule has 126 valence electrons. The number of rotatable bonds is 6. The smallest absolute Gasteiger partial charge is 0.326 e. The predicted molar refractivity (Wildman–Crippen MR) is 82.4 cm³/mol. The first-order valence-corrected chi connectivity index (χ1v) is 7.72. The van der Waals surface area contributed by atoms with Crippen molar-refractivity contribution >= 4 is 11.9 Å². The van der Waals surface area contributed by atoms with Crippen molar-refractivity contribution in [2.75, 3.05) is 13.2 Å². The third kappa shape index (κ3) is 4.92. The molecule has 1 aromatic rings. The van der Waals surface area contributed by atoms with Crippen LogP contribution >= 0.6 is 0 Å². The lowest BCUT2D eigenvalue weighted by molar-refractivity contribution is -0.142. The Morgan fingerprint density at radius 1 is 1.43 bits per heavy atom. The third-order valence-corrected chi connectivity index (χ3v) is 3.53. The first-order valence-electron chi connectivity index (χ1n) is 7.72. The Bertz CT molecular complexity index is 555. The normalized spacial score (nSPS) is 19.2. The van der Waals surface area contributed by atoms with E-state index in [1.54, 1.807) is 12.1 Å². The molecule has 0 aliphatic carbocycles. The van der Waals surface area contributed by atoms with Gasteiger partial charge in [0, 0.05) is 18.6 Å². The van der Waals surface area contributed by atoms with Crippen LogP contribution in [0.4, 0.5) is 0 Å². The highest BCUT2D eigenvalue weighted by atomic mass is 16.5. The van der Waals surface area contributed by atoms with Crippen LogP contribution in [0.5, 0.6) is 5.88 Å². The van der Waals surface area contributed by atoms with Gasteiger partial charge in [0.15, 0.2) is 0 Å². The molecule has 23 heavy (non-hydrogen) atoms. The summed E-state index contributed by atoms with van der Waals surface area (Å²) in [4.78, 5) is 27.9. The molecule has 2 heterocycles. The highest BCUT2D eigenvalue weighted by Crippen LogP contribution is 2.18. The fourth-order valence-electron chi connectivity index (χ4n) is 2.47. The van der Waals surface area contributed by atoms with Crippen LogP contribution in [0.2, 0.25) is 0 Å². The fourth-order valence-corrected chi connectivity index (χ4v) is 2.47. The molecule has 0 unspecified atom stereocenters. The van der Waals surface area contributed by atoms with Gasteiger partial charge in [-0.1, -0.05) is 6.07 Å². The minimum Gasteiger partial charge on any atom is -0.480 e. The van der Waals surface area contributed by atoms with E-state index in [1.165, 1.54) is 6.07 Å². The zero-order chi connectivity index (χ0) is 16.8. The van der Waals surface area contributed by atoms with Crippen LogP contribution in [0.25, 0.3) is 0 Å². The van der Waals surface area contributed by atoms with Crippen molar-refractivity contribution in [3.05, 3.63) is 23.9 Å². The van der Waals surface area contributed by atoms with Crippen LogP contribution in [-0.4, -0.2) is 47.3 Å². The zero-order valence-corrected chi connectivity index (χ0v) is 13.3. The Labute approximate surface area is 135 Å². The molecule has 1 aliphatic rings. The van der Waals surface area contributed by atoms with Gasteiger partial charge in [-0.15, -0.1) is 0 Å². The summed E-state index contributed by atoms with van der Waals surface area (Å²) in [7, 11) is 0. The van der Waals surface area contributed by atoms with E-state index in [9.17, 15) is 14.7 Å². The van der Waals surface area contributed by atoms with E-state index < -0.39 is 17.9 Å². The number of carbonyl (C=O) groups is 2. The summed E-state index contributed by atoms with van der Waals surface area (Å²) >= 11 is 0. The van der Waals surface area contributed by atoms with E-state index in [-0.39, 0.29) is 17.7 Å². The van der Waals surface area contributed by atoms with E-state index in [1.807, 2.05) is 13.8 Å². The minimum absolute atomic E-state index is 0.0630. The summed E-state index contributed by atoms with van der Waals surface area (Å²) in [6, 6.07) is 3.84. The average molecular weight is 322 g/mol. The molecular formula is C16H22N2O5. The van der Waals surface area contributed by atoms with Crippen molar-refractivity contribution in [3.63, 3.8) is 0 Å². The van der Waals surface area contributed by atoms with Crippen molar-refractivity contribution in [3.8, 4) is 5.88 Å². The van der Waals surface area contributed by atoms with Gasteiger partial charge in [-0.05, 0) is 32.8 Å². The lowest BCUT2D eigenvalue weighted by Crippen LogP contribution is -2.48. The Kier molecular flexibility index (Phi) is 5.92. The van der Waals surface area contributed by atoms with Gasteiger partial charge in [0.1, 0.15) is 11.7 Å². The number of carboxylic acid groups (broad SMARTS) is 1. The van der Waals surface area contributed by atoms with Crippen molar-refractivity contribution in [1.82, 2.24) is 10.3 Å². The number of carboxylic acids is 1. The van der Waals surface area contributed by atoms with E-state index in [0.717, 1.165) is 6.42 Å². The summed E-state index contributed by atoms with van der Waals surface area (Å²) < 4.78 is 10.8. The minimum atomic E-state index is -1.07. The van der Waals surface area contributed by atoms with E-state index >= 15 is 0 Å². The van der Waals surface area contributed by atoms with Crippen molar-refractivity contribution in [1.29, 1.82) is 0 Å². The predicted octanol–water partition coefficient (Wildman–Crippen LogP) is 1.48. The van der Waals surface area contributed by atoms with E-state index in [0.29, 0.717) is 25.5 Å². The molecule has 1 saturated heterocycles. The summed E-state index contributed by atoms with van der Waals surface area (Å²) in [5.74, 6) is -1.50. The lowest BCUT2D eigenvalue weighted by atomic mass is 9.93. The molecule has 1 amide bonds. The van der Waals surface area contributed by atoms with Crippen LogP contribution in [0.1, 0.15) is 37.2 Å². The number of hydrogen-bond acceptors (Lipinski definition) is 5. The molecule has 2 rings (SSSR count). The average Bonchev–Trinajstić information content (AvgIpc) is 2.52. The maximum Gasteiger partial charge on any atom is 0.326 e. The molecule has 2 N–H and O–H groups in total. The highest BCUT2D eigenvalue weighted by molar-refractivity contribution is 5.95. The van der Waals surface area contributed by atoms with Crippen LogP contribution < -0.4 is 10.1 Å². The van der Waals surface area contributed by atoms with E-state index in [4.69, 9.17) is 9.47 Å². The maximum atomic E-state index is 12.3. The standard InChI is InChI=1S/C16H22N2O5/c1-10(2)23-13-7-3-6-12(17-13)15(19)18-14(16(20)21)11-5-4-8-22-9-11/h3,6-7,10-11,14H,4-5,8-9H2,1-2H3,(H,18,19)(H,20,21)/t11-,14+/m1/s1. The largest absolute Gasteiger partial charge is 0.480 e. The zero-order valence-electron chi connectivity index (χ0n) is 13.3. The number of hydrogen-bond donors (Lipinski definition) is 2. The maximum absolute atomic E-state index is 12.3. The summed E-state index contributed by atoms with van der Waals surface area (Å²) in [6.07, 6.45) is 1.44. The first-order chi connectivity index (χ1) is 11.0. The molecule has 7 heteroatoms. The highest BCUT2D eigenvalue weighted by Gasteiger charge is 2.31. The van der Waals surface area contributed by atoms with Gasteiger partial charge in [-0.25, -0.2) is 9.78 Å². The summed E-state index contributed by atoms with van der Waals surface area (Å²) in [5.41, 5.74) is 0.131. The lowest BCUT2D eigenvalue weighted by Gasteiger charge is -2.28. The Hall–Kier alpha value is -2.15. The van der Waals surface area contributed by atoms with Gasteiger partial charge in [0.25, 0.3) is 5.91 Å². The van der Waals surface area contributed by atoms with E-state index in [2.05, 4.69) is 10.3 Å². The number of amides is 1. The second-order valence-electron chi connectivity index (χ2n) is 5.79. The van der Waals surface area contributed by atoms with Crippen LogP contribution in [0, 0.1) is 5.92 Å². The number of ether oxygens (including phenoxy) is 2. The van der Waals surface area contributed by atoms with Crippen LogP contribution in [0.3, 0.4) is 0 Å². The number of aliphatic carboxylic acids is 1. The number of carbonyl (C=O) groups excluding carboxylic acids is 1. The Morgan fingerprint density at radius 3 is 2.83 bits per heavy atom. The third-order valence-electron chi connectivity index (χ3n) is 3.53. The van der Waals surface area contributed by atoms with Gasteiger partial charge in [0.2, 0.25) is 5.88 Å². The van der Waals surface area contributed by atoms with Gasteiger partial charge >= 0.3 is 5.97 Å². The fraction of sp³-hybridized carbons (Fsp3) is 0.562. The first kappa shape index (κ1) is 17.2. The monoisotopic (exact) mass is 322 g/mol. The Morgan fingerprint density at radius 2 is 2.22 bits per heavy atom. The van der Waals surface area contributed by atoms with Crippen molar-refractivity contribution < 1.29 is 24.2 Å². The molecule has 1 fully saturated rings. The second-order valence-corrected chi connectivity index (χ2v) is 5.79. The molecule has 7 nitrogen and oxygen atoms in total. The van der Waals surface area contributed by atoms with Crippen LogP contribution in [0.15, 0.2) is 18.2 Å². The summed E-state index contributed by atoms with van der Waals surface area (Å²) in [5, 5.41) is 11.9. The summed E-state index contributed by atoms with van der Waals surface area (Å²) in [6.45, 7) is 4.68. The molecular weight excluding hydrogens is 300 g/mol. The molecule has 0 spiro atoms. The number of nitrogens with one attached hydrogen (secondary N) is 1. The molecule has 2 atom stereocenters. The molecule has 1 aliphatic heterocycles. The number of nitrogens with zero attached hydrogens (tertiary/aromatic N) is 1. The molecule has 0 radical (unpaired) electrons.